The molecule has 3 aromatic rings. The van der Waals surface area contributed by atoms with Crippen molar-refractivity contribution < 1.29 is 27.5 Å². The molecule has 2 fully saturated rings. The standard InChI is InChI=1S/C24H27F3N8O3/c1-29-7-13-4-18(35-19(13)20(28)31-11-32-35)12-3-15(22(38-2)30-8-12)21(36)33-17-10-34(9-16(17)25)23(37)14-5-24(26,27)6-14/h3-4,8,11,14,16-17,29H,5-7,9-10H2,1-2H3,(H,33,36)(H2,28,31,32)/t16-,17+/m0/s1. The van der Waals surface area contributed by atoms with Crippen LogP contribution in [0.1, 0.15) is 28.8 Å². The molecule has 1 aliphatic heterocycles. The number of nitrogens with zero attached hydrogens (tertiary/aromatic N) is 5. The van der Waals surface area contributed by atoms with E-state index in [2.05, 4.69) is 25.7 Å². The SMILES string of the molecule is CNCc1cc(-c2cnc(OC)c(C(=O)N[C@@H]3CN(C(=O)C4CC(F)(F)C4)C[C@@H]3F)c2)n2ncnc(N)c12. The number of likely N-dealkylation sites (tertiary alicyclic amines) is 1. The summed E-state index contributed by atoms with van der Waals surface area (Å²) in [4.78, 5) is 35.2. The molecule has 0 bridgehead atoms. The number of anilines is 1. The molecule has 2 amide bonds. The minimum Gasteiger partial charge on any atom is -0.480 e. The van der Waals surface area contributed by atoms with Gasteiger partial charge in [-0.25, -0.2) is 27.7 Å². The summed E-state index contributed by atoms with van der Waals surface area (Å²) in [6.07, 6.45) is 0.212. The number of nitrogens with two attached hydrogens (primary N) is 1. The molecule has 1 saturated carbocycles. The van der Waals surface area contributed by atoms with Gasteiger partial charge in [-0.15, -0.1) is 0 Å². The molecule has 2 atom stereocenters. The molecular formula is C24H27F3N8O3. The zero-order valence-corrected chi connectivity index (χ0v) is 20.7. The van der Waals surface area contributed by atoms with Gasteiger partial charge in [-0.1, -0.05) is 0 Å². The molecule has 202 valence electrons. The largest absolute Gasteiger partial charge is 0.480 e. The topological polar surface area (TPSA) is 140 Å². The predicted octanol–water partition coefficient (Wildman–Crippen LogP) is 1.43. The number of hydrogen-bond donors (Lipinski definition) is 3. The van der Waals surface area contributed by atoms with Crippen LogP contribution in [-0.4, -0.2) is 81.7 Å². The van der Waals surface area contributed by atoms with Crippen molar-refractivity contribution in [1.82, 2.24) is 35.1 Å². The summed E-state index contributed by atoms with van der Waals surface area (Å²) >= 11 is 0. The van der Waals surface area contributed by atoms with E-state index in [0.717, 1.165) is 5.56 Å². The third-order valence-electron chi connectivity index (χ3n) is 6.93. The first-order valence-corrected chi connectivity index (χ1v) is 12.0. The first-order chi connectivity index (χ1) is 18.1. The number of carbonyl (C=O) groups excluding carboxylic acids is 2. The number of ether oxygens (including phenoxy) is 1. The summed E-state index contributed by atoms with van der Waals surface area (Å²) in [5.41, 5.74) is 8.70. The number of pyridine rings is 1. The summed E-state index contributed by atoms with van der Waals surface area (Å²) in [5, 5.41) is 9.97. The normalized spacial score (nSPS) is 20.9. The van der Waals surface area contributed by atoms with Crippen molar-refractivity contribution in [1.29, 1.82) is 0 Å². The van der Waals surface area contributed by atoms with Crippen molar-refractivity contribution in [3.05, 3.63) is 35.8 Å². The number of alkyl halides is 3. The van der Waals surface area contributed by atoms with E-state index in [4.69, 9.17) is 10.5 Å². The maximum atomic E-state index is 14.8. The van der Waals surface area contributed by atoms with Gasteiger partial charge in [0.1, 0.15) is 23.6 Å². The van der Waals surface area contributed by atoms with E-state index >= 15 is 0 Å². The minimum absolute atomic E-state index is 0.0229. The van der Waals surface area contributed by atoms with Crippen LogP contribution in [0.4, 0.5) is 19.0 Å². The number of carbonyl (C=O) groups is 2. The Labute approximate surface area is 215 Å². The van der Waals surface area contributed by atoms with E-state index in [1.54, 1.807) is 17.6 Å². The number of aromatic nitrogens is 4. The van der Waals surface area contributed by atoms with E-state index in [1.807, 2.05) is 6.07 Å². The van der Waals surface area contributed by atoms with Crippen LogP contribution in [0.5, 0.6) is 5.88 Å². The summed E-state index contributed by atoms with van der Waals surface area (Å²) in [5.74, 6) is -4.54. The van der Waals surface area contributed by atoms with Crippen LogP contribution < -0.4 is 21.1 Å². The highest BCUT2D eigenvalue weighted by molar-refractivity contribution is 5.98. The molecule has 38 heavy (non-hydrogen) atoms. The first kappa shape index (κ1) is 25.7. The highest BCUT2D eigenvalue weighted by atomic mass is 19.3. The van der Waals surface area contributed by atoms with Crippen LogP contribution in [0.15, 0.2) is 24.7 Å². The fourth-order valence-corrected chi connectivity index (χ4v) is 5.01. The lowest BCUT2D eigenvalue weighted by Crippen LogP contribution is -2.47. The van der Waals surface area contributed by atoms with Crippen molar-refractivity contribution in [2.24, 2.45) is 5.92 Å². The van der Waals surface area contributed by atoms with Gasteiger partial charge < -0.3 is 26.0 Å². The smallest absolute Gasteiger partial charge is 0.257 e. The molecule has 5 rings (SSSR count). The van der Waals surface area contributed by atoms with Gasteiger partial charge in [0.15, 0.2) is 5.82 Å². The Morgan fingerprint density at radius 2 is 2.00 bits per heavy atom. The second-order valence-corrected chi connectivity index (χ2v) is 9.57. The summed E-state index contributed by atoms with van der Waals surface area (Å²) < 4.78 is 48.0. The number of hydrogen-bond acceptors (Lipinski definition) is 8. The zero-order valence-electron chi connectivity index (χ0n) is 20.7. The maximum absolute atomic E-state index is 14.8. The molecule has 11 nitrogen and oxygen atoms in total. The third-order valence-corrected chi connectivity index (χ3v) is 6.93. The molecule has 2 aliphatic rings. The predicted molar refractivity (Wildman–Crippen MR) is 130 cm³/mol. The van der Waals surface area contributed by atoms with Crippen LogP contribution in [0.3, 0.4) is 0 Å². The molecule has 1 aliphatic carbocycles. The molecular weight excluding hydrogens is 505 g/mol. The van der Waals surface area contributed by atoms with Crippen LogP contribution in [-0.2, 0) is 11.3 Å². The molecule has 0 aromatic carbocycles. The molecule has 3 aromatic heterocycles. The number of amides is 2. The monoisotopic (exact) mass is 532 g/mol. The number of rotatable bonds is 7. The van der Waals surface area contributed by atoms with Crippen LogP contribution in [0.25, 0.3) is 16.8 Å². The highest BCUT2D eigenvalue weighted by Gasteiger charge is 2.51. The second-order valence-electron chi connectivity index (χ2n) is 9.57. The van der Waals surface area contributed by atoms with Gasteiger partial charge in [-0.3, -0.25) is 9.59 Å². The molecule has 14 heteroatoms. The van der Waals surface area contributed by atoms with E-state index < -0.39 is 48.7 Å². The van der Waals surface area contributed by atoms with Gasteiger partial charge in [0.25, 0.3) is 5.91 Å². The summed E-state index contributed by atoms with van der Waals surface area (Å²) in [6.45, 7) is 0.105. The van der Waals surface area contributed by atoms with Gasteiger partial charge in [-0.2, -0.15) is 5.10 Å². The molecule has 1 saturated heterocycles. The average Bonchev–Trinajstić information content (AvgIpc) is 3.43. The molecule has 0 radical (unpaired) electrons. The lowest BCUT2D eigenvalue weighted by atomic mass is 9.80. The van der Waals surface area contributed by atoms with E-state index in [9.17, 15) is 22.8 Å². The number of nitrogens with one attached hydrogen (secondary N) is 2. The number of fused-ring (bicyclic) bond motifs is 1. The Bertz CT molecular complexity index is 1390. The lowest BCUT2D eigenvalue weighted by Gasteiger charge is -2.36. The molecule has 0 spiro atoms. The van der Waals surface area contributed by atoms with Crippen molar-refractivity contribution in [2.75, 3.05) is 33.0 Å². The second kappa shape index (κ2) is 9.74. The molecule has 4 N–H and O–H groups in total. The minimum atomic E-state index is -2.85. The van der Waals surface area contributed by atoms with Crippen LogP contribution in [0, 0.1) is 5.92 Å². The van der Waals surface area contributed by atoms with Crippen LogP contribution >= 0.6 is 0 Å². The van der Waals surface area contributed by atoms with Crippen molar-refractivity contribution in [3.8, 4) is 17.1 Å². The lowest BCUT2D eigenvalue weighted by molar-refractivity contribution is -0.159. The van der Waals surface area contributed by atoms with E-state index in [-0.39, 0.29) is 30.4 Å². The van der Waals surface area contributed by atoms with E-state index in [1.165, 1.54) is 24.5 Å². The third kappa shape index (κ3) is 4.59. The van der Waals surface area contributed by atoms with Gasteiger partial charge in [0.05, 0.1) is 25.4 Å². The Morgan fingerprint density at radius 1 is 1.24 bits per heavy atom. The number of halogens is 3. The molecule has 4 heterocycles. The highest BCUT2D eigenvalue weighted by Crippen LogP contribution is 2.43. The fraction of sp³-hybridized carbons (Fsp3) is 0.458. The van der Waals surface area contributed by atoms with Crippen molar-refractivity contribution in [2.45, 2.75) is 37.5 Å². The number of nitrogen functional groups attached to an aromatic ring is 1. The van der Waals surface area contributed by atoms with Gasteiger partial charge >= 0.3 is 0 Å². The van der Waals surface area contributed by atoms with Gasteiger partial charge in [0, 0.05) is 43.6 Å². The summed E-state index contributed by atoms with van der Waals surface area (Å²) in [7, 11) is 3.14. The first-order valence-electron chi connectivity index (χ1n) is 12.0. The Balaban J connectivity index is 1.38. The van der Waals surface area contributed by atoms with Gasteiger partial charge in [0.2, 0.25) is 17.7 Å². The zero-order chi connectivity index (χ0) is 27.2. The maximum Gasteiger partial charge on any atom is 0.257 e. The Kier molecular flexibility index (Phi) is 6.59. The number of methoxy groups -OCH3 is 1. The average molecular weight is 533 g/mol. The van der Waals surface area contributed by atoms with Crippen molar-refractivity contribution >= 4 is 23.1 Å². The van der Waals surface area contributed by atoms with Gasteiger partial charge in [-0.05, 0) is 24.7 Å². The Hall–Kier alpha value is -3.94. The Morgan fingerprint density at radius 3 is 2.68 bits per heavy atom. The molecule has 0 unspecified atom stereocenters. The fourth-order valence-electron chi connectivity index (χ4n) is 5.01. The van der Waals surface area contributed by atoms with Crippen LogP contribution in [0.2, 0.25) is 0 Å². The van der Waals surface area contributed by atoms with Crippen molar-refractivity contribution in [3.63, 3.8) is 0 Å². The summed E-state index contributed by atoms with van der Waals surface area (Å²) in [6, 6.07) is 2.39. The van der Waals surface area contributed by atoms with E-state index in [0.29, 0.717) is 23.3 Å². The quantitative estimate of drug-likeness (QED) is 0.415.